The van der Waals surface area contributed by atoms with Crippen LogP contribution < -0.4 is 0 Å². The maximum atomic E-state index is 2.40. The van der Waals surface area contributed by atoms with E-state index in [0.717, 1.165) is 0 Å². The molecule has 532 valence electrons. The number of benzene rings is 23. The fraction of sp³-hybridized carbons (Fsp3) is 0.0175. The van der Waals surface area contributed by atoms with Crippen LogP contribution in [0.15, 0.2) is 425 Å². The monoisotopic (exact) mass is 1440 g/mol. The maximum Gasteiger partial charge on any atom is -0.00199 e. The Labute approximate surface area is 663 Å². The quantitative estimate of drug-likeness (QED) is 0.110. The Morgan fingerprint density at radius 2 is 0.368 bits per heavy atom. The van der Waals surface area contributed by atoms with Crippen molar-refractivity contribution in [2.45, 2.75) is 13.8 Å². The van der Waals surface area contributed by atoms with E-state index in [2.05, 4.69) is 438 Å². The lowest BCUT2D eigenvalue weighted by Gasteiger charge is -2.21. The molecule has 0 saturated heterocycles. The SMILES string of the molecule is Cc1cc(C)cc(-c2c3ccccc3c(-c3cc4ccccc4c4ccccc34)c3ccccc23)c1.c1ccc(-c2c3ccccc3c(-c3ccc4c(ccc5ccccc54)c3)c3ccccc23)cc1.c1ccc(-c2ccc(-c3c4ccccc4c(-c4cc5ccccc5c5ccccc45)c4ccccc34)c3ccccc23)cc1. The molecule has 23 rings (SSSR count). The molecule has 23 aromatic rings. The van der Waals surface area contributed by atoms with Gasteiger partial charge in [0.05, 0.1) is 0 Å². The van der Waals surface area contributed by atoms with Gasteiger partial charge in [-0.25, -0.2) is 0 Å². The van der Waals surface area contributed by atoms with Crippen molar-refractivity contribution in [1.82, 2.24) is 0 Å². The van der Waals surface area contributed by atoms with Crippen LogP contribution in [0.5, 0.6) is 0 Å². The molecule has 0 spiro atoms. The molecule has 0 unspecified atom stereocenters. The molecule has 0 radical (unpaired) electrons. The van der Waals surface area contributed by atoms with E-state index < -0.39 is 0 Å². The van der Waals surface area contributed by atoms with Gasteiger partial charge in [-0.15, -0.1) is 0 Å². The van der Waals surface area contributed by atoms with Crippen LogP contribution >= 0.6 is 0 Å². The van der Waals surface area contributed by atoms with Crippen LogP contribution in [0, 0.1) is 13.8 Å². The molecule has 0 nitrogen and oxygen atoms in total. The van der Waals surface area contributed by atoms with Crippen LogP contribution in [-0.2, 0) is 0 Å². The van der Waals surface area contributed by atoms with Gasteiger partial charge in [0.25, 0.3) is 0 Å². The molecule has 23 aromatic carbocycles. The second-order valence-electron chi connectivity index (χ2n) is 30.4. The Kier molecular flexibility index (Phi) is 16.8. The fourth-order valence-corrected chi connectivity index (χ4v) is 19.0. The first-order valence-corrected chi connectivity index (χ1v) is 39.7. The van der Waals surface area contributed by atoms with Gasteiger partial charge in [0, 0.05) is 0 Å². The third-order valence-electron chi connectivity index (χ3n) is 23.8. The Bertz CT molecular complexity index is 7600. The van der Waals surface area contributed by atoms with E-state index in [0.29, 0.717) is 0 Å². The molecule has 0 bridgehead atoms. The summed E-state index contributed by atoms with van der Waals surface area (Å²) in [5, 5.41) is 33.5. The Balaban J connectivity index is 0.000000108. The van der Waals surface area contributed by atoms with Crippen molar-refractivity contribution in [3.8, 4) is 77.9 Å². The van der Waals surface area contributed by atoms with Crippen LogP contribution in [0.3, 0.4) is 0 Å². The normalized spacial score (nSPS) is 11.6. The number of fused-ring (bicyclic) bond motifs is 16. The number of hydrogen-bond donors (Lipinski definition) is 0. The van der Waals surface area contributed by atoms with Gasteiger partial charge in [-0.2, -0.15) is 0 Å². The molecule has 0 saturated carbocycles. The second kappa shape index (κ2) is 28.4. The summed E-state index contributed by atoms with van der Waals surface area (Å²) in [4.78, 5) is 0. The molecule has 0 fully saturated rings. The molecule has 0 N–H and O–H groups in total. The molecule has 0 aliphatic heterocycles. The average molecular weight is 1450 g/mol. The molecule has 0 atom stereocenters. The number of hydrogen-bond acceptors (Lipinski definition) is 0. The standard InChI is InChI=1S/C44H28.C36H26.C34H22/c1-2-14-29(15-3-1)32-26-27-41(35-20-8-6-19-34(32)35)43-37-22-10-12-24-39(37)44(40-25-13-11-23-38(40)43)42-28-30-16-4-5-17-31(30)33-18-7-9-21-36(33)42;1-23-19-24(2)21-26(20-23)35-30-15-7-9-17-32(30)36(33-18-10-8-16-31(33)35)34-22-25-11-3-4-12-27(25)28-13-5-6-14-29(28)34;1-2-11-24(12-3-1)33-29-14-6-8-16-31(29)34(32-17-9-7-15-30(32)33)26-20-21-28-25(22-26)19-18-23-10-4-5-13-27(23)28/h1-28H;3-22H,1-2H3;1-22H. The van der Waals surface area contributed by atoms with Crippen LogP contribution in [-0.4, -0.2) is 0 Å². The fourth-order valence-electron chi connectivity index (χ4n) is 19.0. The predicted octanol–water partition coefficient (Wildman–Crippen LogP) is 32.3. The van der Waals surface area contributed by atoms with Gasteiger partial charge >= 0.3 is 0 Å². The maximum absolute atomic E-state index is 2.40. The van der Waals surface area contributed by atoms with Crippen LogP contribution in [0.1, 0.15) is 11.1 Å². The number of rotatable bonds is 7. The lowest BCUT2D eigenvalue weighted by atomic mass is 9.82. The smallest absolute Gasteiger partial charge is 0.00199 e. The highest BCUT2D eigenvalue weighted by molar-refractivity contribution is 6.30. The zero-order valence-electron chi connectivity index (χ0n) is 63.4. The molecule has 0 aliphatic carbocycles. The summed E-state index contributed by atoms with van der Waals surface area (Å²) >= 11 is 0. The predicted molar refractivity (Wildman–Crippen MR) is 494 cm³/mol. The van der Waals surface area contributed by atoms with Gasteiger partial charge in [-0.1, -0.05) is 418 Å². The highest BCUT2D eigenvalue weighted by Gasteiger charge is 2.24. The molecular weight excluding hydrogens is 1370 g/mol. The third-order valence-corrected chi connectivity index (χ3v) is 23.8. The summed E-state index contributed by atoms with van der Waals surface area (Å²) in [5.74, 6) is 0. The van der Waals surface area contributed by atoms with Crippen molar-refractivity contribution in [2.24, 2.45) is 0 Å². The highest BCUT2D eigenvalue weighted by Crippen LogP contribution is 2.52. The molecule has 0 heteroatoms. The van der Waals surface area contributed by atoms with Crippen molar-refractivity contribution in [3.63, 3.8) is 0 Å². The molecule has 0 amide bonds. The highest BCUT2D eigenvalue weighted by atomic mass is 14.3. The molecule has 0 aromatic heterocycles. The molecule has 0 aliphatic rings. The zero-order valence-corrected chi connectivity index (χ0v) is 63.4. The van der Waals surface area contributed by atoms with E-state index in [-0.39, 0.29) is 0 Å². The minimum Gasteiger partial charge on any atom is -0.0622 e. The Morgan fingerprint density at radius 3 is 0.781 bits per heavy atom. The zero-order chi connectivity index (χ0) is 75.7. The van der Waals surface area contributed by atoms with Crippen molar-refractivity contribution >= 4 is 140 Å². The van der Waals surface area contributed by atoms with Crippen molar-refractivity contribution < 1.29 is 0 Å². The van der Waals surface area contributed by atoms with E-state index in [4.69, 9.17) is 0 Å². The summed E-state index contributed by atoms with van der Waals surface area (Å²) in [5.41, 5.74) is 20.6. The van der Waals surface area contributed by atoms with E-state index >= 15 is 0 Å². The van der Waals surface area contributed by atoms with Crippen molar-refractivity contribution in [2.75, 3.05) is 0 Å². The summed E-state index contributed by atoms with van der Waals surface area (Å²) in [7, 11) is 0. The first-order valence-electron chi connectivity index (χ1n) is 39.7. The van der Waals surface area contributed by atoms with Crippen LogP contribution in [0.25, 0.3) is 218 Å². The largest absolute Gasteiger partial charge is 0.0622 e. The first-order chi connectivity index (χ1) is 56.4. The lowest BCUT2D eigenvalue weighted by molar-refractivity contribution is 1.39. The van der Waals surface area contributed by atoms with Crippen LogP contribution in [0.4, 0.5) is 0 Å². The molecule has 114 heavy (non-hydrogen) atoms. The minimum absolute atomic E-state index is 1.24. The van der Waals surface area contributed by atoms with E-state index in [1.54, 1.807) is 0 Å². The van der Waals surface area contributed by atoms with Gasteiger partial charge in [-0.3, -0.25) is 0 Å². The molecule has 0 heterocycles. The van der Waals surface area contributed by atoms with Crippen LogP contribution in [0.2, 0.25) is 0 Å². The first kappa shape index (κ1) is 67.5. The van der Waals surface area contributed by atoms with E-state index in [9.17, 15) is 0 Å². The van der Waals surface area contributed by atoms with E-state index in [1.165, 1.54) is 229 Å². The van der Waals surface area contributed by atoms with Gasteiger partial charge in [-0.05, 0) is 250 Å². The molecular formula is C114H76. The third kappa shape index (κ3) is 11.5. The lowest BCUT2D eigenvalue weighted by Crippen LogP contribution is -1.93. The summed E-state index contributed by atoms with van der Waals surface area (Å²) in [6.45, 7) is 4.38. The number of aryl methyl sites for hydroxylation is 2. The second-order valence-corrected chi connectivity index (χ2v) is 30.4. The van der Waals surface area contributed by atoms with Crippen molar-refractivity contribution in [1.29, 1.82) is 0 Å². The van der Waals surface area contributed by atoms with Gasteiger partial charge < -0.3 is 0 Å². The van der Waals surface area contributed by atoms with E-state index in [1.807, 2.05) is 0 Å². The summed E-state index contributed by atoms with van der Waals surface area (Å²) in [6.07, 6.45) is 0. The Hall–Kier alpha value is -14.6. The minimum atomic E-state index is 1.24. The average Bonchev–Trinajstić information content (AvgIpc) is 0.727. The Morgan fingerprint density at radius 1 is 0.114 bits per heavy atom. The van der Waals surface area contributed by atoms with Gasteiger partial charge in [0.2, 0.25) is 0 Å². The van der Waals surface area contributed by atoms with Gasteiger partial charge in [0.15, 0.2) is 0 Å². The van der Waals surface area contributed by atoms with Crippen molar-refractivity contribution in [3.05, 3.63) is 436 Å². The topological polar surface area (TPSA) is 0 Å². The van der Waals surface area contributed by atoms with Gasteiger partial charge in [0.1, 0.15) is 0 Å². The summed E-state index contributed by atoms with van der Waals surface area (Å²) in [6, 6.07) is 156. The summed E-state index contributed by atoms with van der Waals surface area (Å²) < 4.78 is 0.